The van der Waals surface area contributed by atoms with E-state index in [1.807, 2.05) is 5.43 Å². The molecule has 1 aromatic carbocycles. The van der Waals surface area contributed by atoms with Crippen molar-refractivity contribution in [3.05, 3.63) is 34.9 Å². The van der Waals surface area contributed by atoms with Crippen LogP contribution in [0.5, 0.6) is 0 Å². The molecule has 0 aliphatic heterocycles. The van der Waals surface area contributed by atoms with Crippen LogP contribution in [-0.4, -0.2) is 28.4 Å². The third-order valence-corrected chi connectivity index (χ3v) is 3.79. The highest BCUT2D eigenvalue weighted by Crippen LogP contribution is 2.44. The van der Waals surface area contributed by atoms with Crippen molar-refractivity contribution in [1.29, 1.82) is 0 Å². The Balaban J connectivity index is 1.98. The van der Waals surface area contributed by atoms with Crippen LogP contribution in [0, 0.1) is 0 Å². The summed E-state index contributed by atoms with van der Waals surface area (Å²) >= 11 is 5.77. The summed E-state index contributed by atoms with van der Waals surface area (Å²) in [6.45, 7) is 0. The Hall–Kier alpha value is -1.73. The Morgan fingerprint density at radius 1 is 1.24 bits per heavy atom. The van der Waals surface area contributed by atoms with E-state index in [4.69, 9.17) is 11.6 Å². The number of carbonyl (C=O) groups is 2. The molecule has 0 saturated heterocycles. The zero-order chi connectivity index (χ0) is 15.7. The van der Waals surface area contributed by atoms with Gasteiger partial charge < -0.3 is 5.11 Å². The van der Waals surface area contributed by atoms with Gasteiger partial charge in [-0.05, 0) is 31.4 Å². The second-order valence-electron chi connectivity index (χ2n) is 4.85. The van der Waals surface area contributed by atoms with Crippen LogP contribution >= 0.6 is 11.6 Å². The number of carbonyl (C=O) groups excluding carboxylic acids is 2. The smallest absolute Gasteiger partial charge is 0.354 e. The molecule has 0 bridgehead atoms. The Bertz CT molecular complexity index is 576. The van der Waals surface area contributed by atoms with E-state index in [1.54, 1.807) is 11.5 Å². The molecule has 0 heterocycles. The lowest BCUT2D eigenvalue weighted by Crippen LogP contribution is -2.62. The van der Waals surface area contributed by atoms with E-state index in [0.717, 1.165) is 0 Å². The zero-order valence-electron chi connectivity index (χ0n) is 10.8. The van der Waals surface area contributed by atoms with Crippen LogP contribution in [0.4, 0.5) is 8.78 Å². The van der Waals surface area contributed by atoms with Gasteiger partial charge in [0.25, 0.3) is 5.91 Å². The van der Waals surface area contributed by atoms with Crippen LogP contribution < -0.4 is 10.9 Å². The number of alkyl halides is 2. The first-order valence-electron chi connectivity index (χ1n) is 6.23. The monoisotopic (exact) mass is 318 g/mol. The van der Waals surface area contributed by atoms with Gasteiger partial charge in [0.2, 0.25) is 0 Å². The lowest BCUT2D eigenvalue weighted by Gasteiger charge is -2.41. The molecule has 1 aliphatic rings. The molecule has 1 saturated carbocycles. The number of halogens is 3. The number of amides is 2. The van der Waals surface area contributed by atoms with E-state index in [0.29, 0.717) is 6.42 Å². The van der Waals surface area contributed by atoms with Gasteiger partial charge in [0, 0.05) is 0 Å². The fraction of sp³-hybridized carbons (Fsp3) is 0.385. The van der Waals surface area contributed by atoms with Crippen LogP contribution in [-0.2, 0) is 4.79 Å². The second kappa shape index (κ2) is 5.57. The standard InChI is InChI=1S/C13H13ClF2N2O3/c14-9-5-2-1-4-8(9)10(19)17-18-11(20)13(15,16)12(21)6-3-7-12/h1-2,4-5,21H,3,6-7H2,(H,17,19)(H,18,20). The summed E-state index contributed by atoms with van der Waals surface area (Å²) < 4.78 is 27.5. The molecule has 0 radical (unpaired) electrons. The summed E-state index contributed by atoms with van der Waals surface area (Å²) in [5, 5.41) is 9.71. The maximum absolute atomic E-state index is 13.7. The van der Waals surface area contributed by atoms with Crippen molar-refractivity contribution in [3.63, 3.8) is 0 Å². The average molecular weight is 319 g/mol. The first-order chi connectivity index (χ1) is 9.78. The maximum Gasteiger partial charge on any atom is 0.354 e. The fourth-order valence-corrected chi connectivity index (χ4v) is 2.16. The molecule has 0 atom stereocenters. The molecular formula is C13H13ClF2N2O3. The molecule has 2 amide bonds. The van der Waals surface area contributed by atoms with E-state index in [-0.39, 0.29) is 23.4 Å². The largest absolute Gasteiger partial charge is 0.383 e. The summed E-state index contributed by atoms with van der Waals surface area (Å²) in [5.74, 6) is -6.56. The molecule has 5 nitrogen and oxygen atoms in total. The summed E-state index contributed by atoms with van der Waals surface area (Å²) in [6.07, 6.45) is 0.100. The van der Waals surface area contributed by atoms with E-state index < -0.39 is 23.3 Å². The highest BCUT2D eigenvalue weighted by atomic mass is 35.5. The topological polar surface area (TPSA) is 78.4 Å². The van der Waals surface area contributed by atoms with Gasteiger partial charge in [-0.2, -0.15) is 8.78 Å². The Morgan fingerprint density at radius 2 is 1.86 bits per heavy atom. The average Bonchev–Trinajstić information content (AvgIpc) is 2.41. The molecule has 0 spiro atoms. The second-order valence-corrected chi connectivity index (χ2v) is 5.25. The number of benzene rings is 1. The van der Waals surface area contributed by atoms with Crippen molar-refractivity contribution < 1.29 is 23.5 Å². The summed E-state index contributed by atoms with van der Waals surface area (Å²) in [4.78, 5) is 23.2. The molecule has 0 aromatic heterocycles. The van der Waals surface area contributed by atoms with Crippen molar-refractivity contribution in [1.82, 2.24) is 10.9 Å². The molecule has 114 valence electrons. The Morgan fingerprint density at radius 3 is 2.38 bits per heavy atom. The lowest BCUT2D eigenvalue weighted by molar-refractivity contribution is -0.216. The summed E-state index contributed by atoms with van der Waals surface area (Å²) in [6, 6.07) is 5.96. The van der Waals surface area contributed by atoms with E-state index in [2.05, 4.69) is 0 Å². The van der Waals surface area contributed by atoms with Crippen LogP contribution in [0.25, 0.3) is 0 Å². The quantitative estimate of drug-likeness (QED) is 0.742. The predicted molar refractivity (Wildman–Crippen MR) is 70.8 cm³/mol. The van der Waals surface area contributed by atoms with Gasteiger partial charge in [0.15, 0.2) is 0 Å². The third-order valence-electron chi connectivity index (χ3n) is 3.46. The van der Waals surface area contributed by atoms with Crippen LogP contribution in [0.1, 0.15) is 29.6 Å². The molecule has 1 aliphatic carbocycles. The molecule has 21 heavy (non-hydrogen) atoms. The molecule has 8 heteroatoms. The first-order valence-corrected chi connectivity index (χ1v) is 6.61. The first kappa shape index (κ1) is 15.7. The number of hydrogen-bond donors (Lipinski definition) is 3. The zero-order valence-corrected chi connectivity index (χ0v) is 11.6. The highest BCUT2D eigenvalue weighted by Gasteiger charge is 2.61. The van der Waals surface area contributed by atoms with Crippen molar-refractivity contribution in [2.75, 3.05) is 0 Å². The van der Waals surface area contributed by atoms with E-state index >= 15 is 0 Å². The molecule has 0 unspecified atom stereocenters. The Labute approximate surface area is 124 Å². The number of nitrogens with one attached hydrogen (secondary N) is 2. The molecule has 1 aromatic rings. The highest BCUT2D eigenvalue weighted by molar-refractivity contribution is 6.33. The van der Waals surface area contributed by atoms with Crippen molar-refractivity contribution in [3.8, 4) is 0 Å². The normalized spacial score (nSPS) is 16.8. The van der Waals surface area contributed by atoms with Gasteiger partial charge in [-0.1, -0.05) is 23.7 Å². The van der Waals surface area contributed by atoms with Gasteiger partial charge >= 0.3 is 11.8 Å². The summed E-state index contributed by atoms with van der Waals surface area (Å²) in [7, 11) is 0. The molecule has 2 rings (SSSR count). The minimum atomic E-state index is -3.97. The van der Waals surface area contributed by atoms with Crippen molar-refractivity contribution >= 4 is 23.4 Å². The van der Waals surface area contributed by atoms with Gasteiger partial charge in [0.05, 0.1) is 10.6 Å². The minimum absolute atomic E-state index is 0.0325. The number of rotatable bonds is 3. The summed E-state index contributed by atoms with van der Waals surface area (Å²) in [5.41, 5.74) is 1.16. The van der Waals surface area contributed by atoms with E-state index in [9.17, 15) is 23.5 Å². The van der Waals surface area contributed by atoms with Gasteiger partial charge in [0.1, 0.15) is 5.60 Å². The van der Waals surface area contributed by atoms with Crippen LogP contribution in [0.2, 0.25) is 5.02 Å². The van der Waals surface area contributed by atoms with Gasteiger partial charge in [-0.25, -0.2) is 0 Å². The number of aliphatic hydroxyl groups is 1. The third kappa shape index (κ3) is 2.84. The number of hydrogen-bond acceptors (Lipinski definition) is 3. The van der Waals surface area contributed by atoms with Crippen molar-refractivity contribution in [2.24, 2.45) is 0 Å². The van der Waals surface area contributed by atoms with Crippen LogP contribution in [0.15, 0.2) is 24.3 Å². The Kier molecular flexibility index (Phi) is 4.15. The maximum atomic E-state index is 13.7. The number of hydrazine groups is 1. The lowest BCUT2D eigenvalue weighted by atomic mass is 9.75. The van der Waals surface area contributed by atoms with Gasteiger partial charge in [-0.15, -0.1) is 0 Å². The molecular weight excluding hydrogens is 306 g/mol. The minimum Gasteiger partial charge on any atom is -0.383 e. The molecule has 1 fully saturated rings. The predicted octanol–water partition coefficient (Wildman–Crippen LogP) is 1.65. The van der Waals surface area contributed by atoms with E-state index in [1.165, 1.54) is 18.2 Å². The van der Waals surface area contributed by atoms with Crippen molar-refractivity contribution in [2.45, 2.75) is 30.8 Å². The fourth-order valence-electron chi connectivity index (χ4n) is 1.94. The van der Waals surface area contributed by atoms with Gasteiger partial charge in [-0.3, -0.25) is 20.4 Å². The SMILES string of the molecule is O=C(NNC(=O)C(F)(F)C1(O)CCC1)c1ccccc1Cl. The van der Waals surface area contributed by atoms with Crippen LogP contribution in [0.3, 0.4) is 0 Å². The molecule has 3 N–H and O–H groups in total.